The second kappa shape index (κ2) is 7.01. The zero-order valence-electron chi connectivity index (χ0n) is 10.3. The molecule has 17 heavy (non-hydrogen) atoms. The Kier molecular flexibility index (Phi) is 5.63. The van der Waals surface area contributed by atoms with Crippen LogP contribution in [0.3, 0.4) is 0 Å². The van der Waals surface area contributed by atoms with E-state index >= 15 is 0 Å². The first-order valence-corrected chi connectivity index (χ1v) is 5.89. The number of halogens is 1. The Labute approximate surface area is 101 Å². The first kappa shape index (κ1) is 13.6. The van der Waals surface area contributed by atoms with Crippen molar-refractivity contribution in [3.8, 4) is 0 Å². The summed E-state index contributed by atoms with van der Waals surface area (Å²) in [5, 5.41) is 5.94. The van der Waals surface area contributed by atoms with E-state index in [9.17, 15) is 9.18 Å². The number of carbonyl (C=O) groups is 1. The molecule has 3 nitrogen and oxygen atoms in total. The van der Waals surface area contributed by atoms with E-state index in [-0.39, 0.29) is 11.7 Å². The standard InChI is InChI=1S/C13H19FN2O/c1-3-15-5-4-6-16-13(17)11-7-10(2)8-12(14)9-11/h7-9,15H,3-6H2,1-2H3,(H,16,17). The van der Waals surface area contributed by atoms with Gasteiger partial charge in [0.25, 0.3) is 5.91 Å². The molecule has 0 heterocycles. The van der Waals surface area contributed by atoms with Gasteiger partial charge in [0.15, 0.2) is 0 Å². The molecule has 1 rings (SSSR count). The lowest BCUT2D eigenvalue weighted by Gasteiger charge is -2.06. The summed E-state index contributed by atoms with van der Waals surface area (Å²) in [5.74, 6) is -0.591. The Hall–Kier alpha value is -1.42. The molecule has 1 aromatic carbocycles. The van der Waals surface area contributed by atoms with Gasteiger partial charge in [-0.3, -0.25) is 4.79 Å². The summed E-state index contributed by atoms with van der Waals surface area (Å²) in [5.41, 5.74) is 1.13. The van der Waals surface area contributed by atoms with Crippen LogP contribution in [0.2, 0.25) is 0 Å². The van der Waals surface area contributed by atoms with Gasteiger partial charge in [-0.1, -0.05) is 6.92 Å². The number of carbonyl (C=O) groups excluding carboxylic acids is 1. The molecule has 1 amide bonds. The molecule has 0 atom stereocenters. The number of aryl methyl sites for hydroxylation is 1. The average Bonchev–Trinajstić information content (AvgIpc) is 2.27. The normalized spacial score (nSPS) is 10.3. The smallest absolute Gasteiger partial charge is 0.251 e. The van der Waals surface area contributed by atoms with E-state index in [4.69, 9.17) is 0 Å². The van der Waals surface area contributed by atoms with Gasteiger partial charge in [0.05, 0.1) is 0 Å². The highest BCUT2D eigenvalue weighted by atomic mass is 19.1. The number of benzene rings is 1. The summed E-state index contributed by atoms with van der Waals surface area (Å²) in [6.07, 6.45) is 0.869. The maximum Gasteiger partial charge on any atom is 0.251 e. The molecule has 0 aliphatic rings. The van der Waals surface area contributed by atoms with Gasteiger partial charge in [-0.15, -0.1) is 0 Å². The van der Waals surface area contributed by atoms with Crippen molar-refractivity contribution in [3.05, 3.63) is 35.1 Å². The lowest BCUT2D eigenvalue weighted by atomic mass is 10.1. The highest BCUT2D eigenvalue weighted by Gasteiger charge is 2.06. The van der Waals surface area contributed by atoms with Crippen molar-refractivity contribution < 1.29 is 9.18 Å². The predicted molar refractivity (Wildman–Crippen MR) is 66.6 cm³/mol. The minimum atomic E-state index is -0.372. The molecular formula is C13H19FN2O. The van der Waals surface area contributed by atoms with E-state index in [1.165, 1.54) is 12.1 Å². The molecule has 0 radical (unpaired) electrons. The van der Waals surface area contributed by atoms with Gasteiger partial charge >= 0.3 is 0 Å². The Bertz CT molecular complexity index is 359. The average molecular weight is 238 g/mol. The largest absolute Gasteiger partial charge is 0.352 e. The molecule has 0 saturated heterocycles. The molecule has 0 spiro atoms. The number of hydrogen-bond acceptors (Lipinski definition) is 2. The van der Waals surface area contributed by atoms with Crippen LogP contribution in [0.1, 0.15) is 29.3 Å². The fourth-order valence-electron chi connectivity index (χ4n) is 1.56. The molecule has 0 aliphatic carbocycles. The van der Waals surface area contributed by atoms with Crippen molar-refractivity contribution in [2.24, 2.45) is 0 Å². The Morgan fingerprint density at radius 3 is 2.71 bits per heavy atom. The van der Waals surface area contributed by atoms with Crippen molar-refractivity contribution in [1.29, 1.82) is 0 Å². The fourth-order valence-corrected chi connectivity index (χ4v) is 1.56. The van der Waals surface area contributed by atoms with Crippen LogP contribution in [0.5, 0.6) is 0 Å². The van der Waals surface area contributed by atoms with Crippen LogP contribution in [-0.2, 0) is 0 Å². The predicted octanol–water partition coefficient (Wildman–Crippen LogP) is 1.86. The second-order valence-electron chi connectivity index (χ2n) is 3.98. The molecule has 1 aromatic rings. The van der Waals surface area contributed by atoms with Crippen LogP contribution in [0, 0.1) is 12.7 Å². The summed E-state index contributed by atoms with van der Waals surface area (Å²) >= 11 is 0. The van der Waals surface area contributed by atoms with Gasteiger partial charge in [0.1, 0.15) is 5.82 Å². The first-order chi connectivity index (χ1) is 8.13. The third kappa shape index (κ3) is 4.95. The summed E-state index contributed by atoms with van der Waals surface area (Å²) in [6.45, 7) is 6.20. The minimum Gasteiger partial charge on any atom is -0.352 e. The highest BCUT2D eigenvalue weighted by Crippen LogP contribution is 2.08. The van der Waals surface area contributed by atoms with Gasteiger partial charge in [0, 0.05) is 12.1 Å². The highest BCUT2D eigenvalue weighted by molar-refractivity contribution is 5.94. The van der Waals surface area contributed by atoms with E-state index in [0.717, 1.165) is 25.1 Å². The SMILES string of the molecule is CCNCCCNC(=O)c1cc(C)cc(F)c1. The molecule has 94 valence electrons. The van der Waals surface area contributed by atoms with Gasteiger partial charge in [0.2, 0.25) is 0 Å². The maximum atomic E-state index is 13.1. The van der Waals surface area contributed by atoms with E-state index < -0.39 is 0 Å². The van der Waals surface area contributed by atoms with Crippen LogP contribution in [0.4, 0.5) is 4.39 Å². The van der Waals surface area contributed by atoms with Crippen molar-refractivity contribution >= 4 is 5.91 Å². The maximum absolute atomic E-state index is 13.1. The van der Waals surface area contributed by atoms with E-state index in [1.54, 1.807) is 13.0 Å². The quantitative estimate of drug-likeness (QED) is 0.743. The minimum absolute atomic E-state index is 0.218. The summed E-state index contributed by atoms with van der Waals surface area (Å²) in [7, 11) is 0. The summed E-state index contributed by atoms with van der Waals surface area (Å²) < 4.78 is 13.1. The Morgan fingerprint density at radius 1 is 1.29 bits per heavy atom. The topological polar surface area (TPSA) is 41.1 Å². The van der Waals surface area contributed by atoms with Crippen molar-refractivity contribution in [2.75, 3.05) is 19.6 Å². The zero-order chi connectivity index (χ0) is 12.7. The number of amides is 1. The van der Waals surface area contributed by atoms with Gasteiger partial charge in [-0.25, -0.2) is 4.39 Å². The molecule has 0 saturated carbocycles. The molecule has 0 bridgehead atoms. The van der Waals surface area contributed by atoms with E-state index in [0.29, 0.717) is 12.1 Å². The molecule has 2 N–H and O–H groups in total. The van der Waals surface area contributed by atoms with Crippen LogP contribution < -0.4 is 10.6 Å². The monoisotopic (exact) mass is 238 g/mol. The second-order valence-corrected chi connectivity index (χ2v) is 3.98. The van der Waals surface area contributed by atoms with Gasteiger partial charge in [-0.05, 0) is 50.2 Å². The van der Waals surface area contributed by atoms with Gasteiger partial charge < -0.3 is 10.6 Å². The lowest BCUT2D eigenvalue weighted by Crippen LogP contribution is -2.27. The molecule has 0 aromatic heterocycles. The van der Waals surface area contributed by atoms with E-state index in [2.05, 4.69) is 10.6 Å². The molecular weight excluding hydrogens is 219 g/mol. The zero-order valence-corrected chi connectivity index (χ0v) is 10.3. The third-order valence-electron chi connectivity index (χ3n) is 2.37. The summed E-state index contributed by atoms with van der Waals surface area (Å²) in [6, 6.07) is 4.34. The molecule has 0 fully saturated rings. The first-order valence-electron chi connectivity index (χ1n) is 5.89. The molecule has 0 aliphatic heterocycles. The Balaban J connectivity index is 2.41. The van der Waals surface area contributed by atoms with Crippen LogP contribution in [-0.4, -0.2) is 25.5 Å². The van der Waals surface area contributed by atoms with Crippen LogP contribution in [0.25, 0.3) is 0 Å². The van der Waals surface area contributed by atoms with Crippen molar-refractivity contribution in [3.63, 3.8) is 0 Å². The molecule has 0 unspecified atom stereocenters. The van der Waals surface area contributed by atoms with Crippen LogP contribution >= 0.6 is 0 Å². The van der Waals surface area contributed by atoms with Crippen molar-refractivity contribution in [1.82, 2.24) is 10.6 Å². The van der Waals surface area contributed by atoms with Gasteiger partial charge in [-0.2, -0.15) is 0 Å². The number of rotatable bonds is 6. The third-order valence-corrected chi connectivity index (χ3v) is 2.37. The van der Waals surface area contributed by atoms with Crippen LogP contribution in [0.15, 0.2) is 18.2 Å². The van der Waals surface area contributed by atoms with E-state index in [1.807, 2.05) is 6.92 Å². The molecule has 4 heteroatoms. The van der Waals surface area contributed by atoms with Crippen molar-refractivity contribution in [2.45, 2.75) is 20.3 Å². The summed E-state index contributed by atoms with van der Waals surface area (Å²) in [4.78, 5) is 11.7. The number of hydrogen-bond donors (Lipinski definition) is 2. The lowest BCUT2D eigenvalue weighted by molar-refractivity contribution is 0.0952. The fraction of sp³-hybridized carbons (Fsp3) is 0.462. The number of nitrogens with one attached hydrogen (secondary N) is 2. The Morgan fingerprint density at radius 2 is 2.06 bits per heavy atom.